The van der Waals surface area contributed by atoms with E-state index in [0.29, 0.717) is 6.42 Å². The average Bonchev–Trinajstić information content (AvgIpc) is 2.70. The van der Waals surface area contributed by atoms with Crippen molar-refractivity contribution in [3.05, 3.63) is 11.6 Å². The summed E-state index contributed by atoms with van der Waals surface area (Å²) in [7, 11) is 0. The van der Waals surface area contributed by atoms with Crippen molar-refractivity contribution in [3.8, 4) is 0 Å². The molecule has 1 aliphatic carbocycles. The Morgan fingerprint density at radius 1 is 1.56 bits per heavy atom. The van der Waals surface area contributed by atoms with Crippen molar-refractivity contribution in [2.45, 2.75) is 52.0 Å². The molecule has 0 saturated heterocycles. The summed E-state index contributed by atoms with van der Waals surface area (Å²) in [4.78, 5) is 11.5. The molecule has 0 fully saturated rings. The lowest BCUT2D eigenvalue weighted by Crippen LogP contribution is -2.34. The Morgan fingerprint density at radius 2 is 2.38 bits per heavy atom. The first-order chi connectivity index (χ1) is 7.72. The van der Waals surface area contributed by atoms with Crippen LogP contribution in [0.3, 0.4) is 0 Å². The molecule has 0 spiro atoms. The number of carbonyl (C=O) groups excluding carboxylic acids is 1. The largest absolute Gasteiger partial charge is 0.356 e. The summed E-state index contributed by atoms with van der Waals surface area (Å²) in [6.07, 6.45) is 7.66. The van der Waals surface area contributed by atoms with Gasteiger partial charge >= 0.3 is 0 Å². The van der Waals surface area contributed by atoms with Crippen LogP contribution in [-0.4, -0.2) is 25.0 Å². The summed E-state index contributed by atoms with van der Waals surface area (Å²) < 4.78 is 0. The highest BCUT2D eigenvalue weighted by molar-refractivity contribution is 5.76. The molecule has 1 aliphatic rings. The maximum atomic E-state index is 11.5. The predicted octanol–water partition coefficient (Wildman–Crippen LogP) is 1.99. The highest BCUT2D eigenvalue weighted by atomic mass is 16.1. The molecule has 0 aromatic heterocycles. The second kappa shape index (κ2) is 7.44. The average molecular weight is 224 g/mol. The maximum Gasteiger partial charge on any atom is 0.221 e. The van der Waals surface area contributed by atoms with Crippen molar-refractivity contribution in [1.29, 1.82) is 0 Å². The van der Waals surface area contributed by atoms with E-state index < -0.39 is 0 Å². The van der Waals surface area contributed by atoms with E-state index in [1.165, 1.54) is 24.8 Å². The second-order valence-corrected chi connectivity index (χ2v) is 4.52. The molecule has 0 aromatic rings. The molecule has 0 aliphatic heterocycles. The summed E-state index contributed by atoms with van der Waals surface area (Å²) >= 11 is 0. The monoisotopic (exact) mass is 224 g/mol. The molecular weight excluding hydrogens is 200 g/mol. The molecule has 0 aromatic carbocycles. The Kier molecular flexibility index (Phi) is 6.16. The molecule has 2 N–H and O–H groups in total. The van der Waals surface area contributed by atoms with E-state index >= 15 is 0 Å². The minimum absolute atomic E-state index is 0.159. The zero-order valence-corrected chi connectivity index (χ0v) is 10.5. The Labute approximate surface area is 98.7 Å². The minimum Gasteiger partial charge on any atom is -0.356 e. The van der Waals surface area contributed by atoms with Crippen LogP contribution in [0.5, 0.6) is 0 Å². The van der Waals surface area contributed by atoms with E-state index in [4.69, 9.17) is 0 Å². The maximum absolute atomic E-state index is 11.5. The molecule has 16 heavy (non-hydrogen) atoms. The third kappa shape index (κ3) is 5.31. The van der Waals surface area contributed by atoms with Crippen LogP contribution in [0.4, 0.5) is 0 Å². The molecule has 1 rings (SSSR count). The molecule has 0 heterocycles. The number of nitrogens with one attached hydrogen (secondary N) is 2. The zero-order valence-electron chi connectivity index (χ0n) is 10.5. The SMILES string of the molecule is CCNC(C)CC(=O)NCCC1=CCCC1. The number of hydrogen-bond acceptors (Lipinski definition) is 2. The highest BCUT2D eigenvalue weighted by Crippen LogP contribution is 2.19. The molecule has 1 unspecified atom stereocenters. The van der Waals surface area contributed by atoms with Gasteiger partial charge in [-0.1, -0.05) is 18.6 Å². The summed E-state index contributed by atoms with van der Waals surface area (Å²) in [5.74, 6) is 0.159. The van der Waals surface area contributed by atoms with Crippen molar-refractivity contribution in [1.82, 2.24) is 10.6 Å². The molecule has 0 bridgehead atoms. The van der Waals surface area contributed by atoms with E-state index in [0.717, 1.165) is 19.5 Å². The Balaban J connectivity index is 2.05. The number of rotatable bonds is 7. The zero-order chi connectivity index (χ0) is 11.8. The normalized spacial score (nSPS) is 17.0. The van der Waals surface area contributed by atoms with E-state index in [2.05, 4.69) is 23.6 Å². The minimum atomic E-state index is 0.159. The van der Waals surface area contributed by atoms with Gasteiger partial charge in [-0.2, -0.15) is 0 Å². The quantitative estimate of drug-likeness (QED) is 0.649. The van der Waals surface area contributed by atoms with Gasteiger partial charge in [-0.3, -0.25) is 4.79 Å². The third-order valence-corrected chi connectivity index (χ3v) is 2.95. The summed E-state index contributed by atoms with van der Waals surface area (Å²) in [6, 6.07) is 0.274. The van der Waals surface area contributed by atoms with E-state index in [9.17, 15) is 4.79 Å². The van der Waals surface area contributed by atoms with Crippen molar-refractivity contribution >= 4 is 5.91 Å². The smallest absolute Gasteiger partial charge is 0.221 e. The van der Waals surface area contributed by atoms with Crippen molar-refractivity contribution < 1.29 is 4.79 Å². The van der Waals surface area contributed by atoms with E-state index in [-0.39, 0.29) is 11.9 Å². The van der Waals surface area contributed by atoms with Crippen LogP contribution < -0.4 is 10.6 Å². The molecule has 92 valence electrons. The van der Waals surface area contributed by atoms with Crippen molar-refractivity contribution in [3.63, 3.8) is 0 Å². The molecule has 0 radical (unpaired) electrons. The van der Waals surface area contributed by atoms with Gasteiger partial charge in [-0.05, 0) is 39.2 Å². The van der Waals surface area contributed by atoms with Crippen LogP contribution in [-0.2, 0) is 4.79 Å². The number of amides is 1. The Hall–Kier alpha value is -0.830. The Morgan fingerprint density at radius 3 is 3.00 bits per heavy atom. The predicted molar refractivity (Wildman–Crippen MR) is 67.3 cm³/mol. The number of allylic oxidation sites excluding steroid dienone is 1. The van der Waals surface area contributed by atoms with Gasteiger partial charge in [0.25, 0.3) is 0 Å². The van der Waals surface area contributed by atoms with Crippen LogP contribution in [0, 0.1) is 0 Å². The lowest BCUT2D eigenvalue weighted by atomic mass is 10.1. The van der Waals surface area contributed by atoms with Crippen molar-refractivity contribution in [2.75, 3.05) is 13.1 Å². The topological polar surface area (TPSA) is 41.1 Å². The van der Waals surface area contributed by atoms with Crippen molar-refractivity contribution in [2.24, 2.45) is 0 Å². The first-order valence-electron chi connectivity index (χ1n) is 6.40. The van der Waals surface area contributed by atoms with E-state index in [1.54, 1.807) is 0 Å². The summed E-state index contributed by atoms with van der Waals surface area (Å²) in [5.41, 5.74) is 1.51. The van der Waals surface area contributed by atoms with Gasteiger partial charge in [0.2, 0.25) is 5.91 Å². The fourth-order valence-corrected chi connectivity index (χ4v) is 2.10. The molecule has 1 amide bonds. The summed E-state index contributed by atoms with van der Waals surface area (Å²) in [5, 5.41) is 6.21. The van der Waals surface area contributed by atoms with Gasteiger partial charge in [0, 0.05) is 19.0 Å². The molecular formula is C13H24N2O. The molecule has 0 saturated carbocycles. The molecule has 3 heteroatoms. The Bertz CT molecular complexity index is 248. The number of carbonyl (C=O) groups is 1. The van der Waals surface area contributed by atoms with Gasteiger partial charge in [0.15, 0.2) is 0 Å². The fourth-order valence-electron chi connectivity index (χ4n) is 2.10. The number of hydrogen-bond donors (Lipinski definition) is 2. The lowest BCUT2D eigenvalue weighted by Gasteiger charge is -2.12. The van der Waals surface area contributed by atoms with Gasteiger partial charge < -0.3 is 10.6 Å². The fraction of sp³-hybridized carbons (Fsp3) is 0.769. The second-order valence-electron chi connectivity index (χ2n) is 4.52. The van der Waals surface area contributed by atoms with Gasteiger partial charge in [0.05, 0.1) is 0 Å². The van der Waals surface area contributed by atoms with Crippen LogP contribution in [0.2, 0.25) is 0 Å². The summed E-state index contributed by atoms with van der Waals surface area (Å²) in [6.45, 7) is 5.81. The highest BCUT2D eigenvalue weighted by Gasteiger charge is 2.08. The van der Waals surface area contributed by atoms with Crippen LogP contribution in [0.1, 0.15) is 46.0 Å². The lowest BCUT2D eigenvalue weighted by molar-refractivity contribution is -0.121. The van der Waals surface area contributed by atoms with Gasteiger partial charge in [-0.15, -0.1) is 0 Å². The van der Waals surface area contributed by atoms with Crippen LogP contribution >= 0.6 is 0 Å². The van der Waals surface area contributed by atoms with Crippen LogP contribution in [0.25, 0.3) is 0 Å². The first kappa shape index (κ1) is 13.2. The van der Waals surface area contributed by atoms with E-state index in [1.807, 2.05) is 6.92 Å². The first-order valence-corrected chi connectivity index (χ1v) is 6.40. The third-order valence-electron chi connectivity index (χ3n) is 2.95. The molecule has 3 nitrogen and oxygen atoms in total. The molecule has 1 atom stereocenters. The standard InChI is InChI=1S/C13H24N2O/c1-3-14-11(2)10-13(16)15-9-8-12-6-4-5-7-12/h6,11,14H,3-5,7-10H2,1-2H3,(H,15,16). The van der Waals surface area contributed by atoms with Gasteiger partial charge in [-0.25, -0.2) is 0 Å². The van der Waals surface area contributed by atoms with Crippen LogP contribution in [0.15, 0.2) is 11.6 Å². The van der Waals surface area contributed by atoms with Gasteiger partial charge in [0.1, 0.15) is 0 Å².